The molecule has 0 N–H and O–H groups in total. The van der Waals surface area contributed by atoms with Crippen LogP contribution in [-0.4, -0.2) is 24.1 Å². The van der Waals surface area contributed by atoms with E-state index in [1.165, 1.54) is 86.2 Å². The Hall–Kier alpha value is -9.97. The zero-order chi connectivity index (χ0) is 48.4. The number of nitrogens with zero attached hydrogens (tertiary/aromatic N) is 5. The van der Waals surface area contributed by atoms with Crippen molar-refractivity contribution in [3.05, 3.63) is 249 Å². The van der Waals surface area contributed by atoms with Crippen molar-refractivity contribution in [3.63, 3.8) is 0 Å². The van der Waals surface area contributed by atoms with Gasteiger partial charge in [-0.15, -0.1) is 0 Å². The zero-order valence-corrected chi connectivity index (χ0v) is 39.9. The lowest BCUT2D eigenvalue weighted by Gasteiger charge is -2.17. The molecule has 0 bridgehead atoms. The van der Waals surface area contributed by atoms with Gasteiger partial charge in [0.15, 0.2) is 17.5 Å². The molecule has 5 nitrogen and oxygen atoms in total. The Bertz CT molecular complexity index is 4730. The number of rotatable bonds is 5. The molecule has 0 fully saturated rings. The molecule has 3 heterocycles. The van der Waals surface area contributed by atoms with Gasteiger partial charge in [0, 0.05) is 49.6 Å². The predicted molar refractivity (Wildman–Crippen MR) is 310 cm³/mol. The van der Waals surface area contributed by atoms with Gasteiger partial charge in [-0.1, -0.05) is 194 Å². The number of benzene rings is 13. The first-order chi connectivity index (χ1) is 36.7. The molecule has 0 saturated heterocycles. The summed E-state index contributed by atoms with van der Waals surface area (Å²) in [4.78, 5) is 15.8. The lowest BCUT2D eigenvalue weighted by molar-refractivity contribution is 1.07. The van der Waals surface area contributed by atoms with Gasteiger partial charge in [-0.25, -0.2) is 15.0 Å². The maximum atomic E-state index is 5.36. The predicted octanol–water partition coefficient (Wildman–Crippen LogP) is 18.0. The summed E-state index contributed by atoms with van der Waals surface area (Å²) >= 11 is 0. The number of hydrogen-bond donors (Lipinski definition) is 0. The third kappa shape index (κ3) is 6.01. The van der Waals surface area contributed by atoms with Crippen LogP contribution < -0.4 is 0 Å². The third-order valence-corrected chi connectivity index (χ3v) is 15.4. The van der Waals surface area contributed by atoms with Crippen LogP contribution in [0.15, 0.2) is 249 Å². The fourth-order valence-electron chi connectivity index (χ4n) is 12.2. The molecule has 0 saturated carbocycles. The summed E-state index contributed by atoms with van der Waals surface area (Å²) in [6.45, 7) is 0. The van der Waals surface area contributed by atoms with Crippen LogP contribution in [0.25, 0.3) is 154 Å². The fraction of sp³-hybridized carbons (Fsp3) is 0. The van der Waals surface area contributed by atoms with E-state index in [1.807, 2.05) is 36.4 Å². The molecule has 0 amide bonds. The lowest BCUT2D eigenvalue weighted by atomic mass is 9.92. The largest absolute Gasteiger partial charge is 0.309 e. The Balaban J connectivity index is 1.09. The Morgan fingerprint density at radius 2 is 0.473 bits per heavy atom. The molecular formula is C69H41N5. The Labute approximate surface area is 424 Å². The zero-order valence-electron chi connectivity index (χ0n) is 39.9. The van der Waals surface area contributed by atoms with Crippen LogP contribution in [0.5, 0.6) is 0 Å². The van der Waals surface area contributed by atoms with Crippen molar-refractivity contribution in [1.82, 2.24) is 24.1 Å². The van der Waals surface area contributed by atoms with E-state index < -0.39 is 0 Å². The summed E-state index contributed by atoms with van der Waals surface area (Å²) in [7, 11) is 0. The van der Waals surface area contributed by atoms with E-state index >= 15 is 0 Å². The average molecular weight is 940 g/mol. The molecule has 0 aliphatic rings. The first-order valence-electron chi connectivity index (χ1n) is 25.3. The van der Waals surface area contributed by atoms with E-state index in [4.69, 9.17) is 15.0 Å². The summed E-state index contributed by atoms with van der Waals surface area (Å²) in [5, 5.41) is 19.6. The van der Waals surface area contributed by atoms with Crippen LogP contribution >= 0.6 is 0 Å². The molecule has 0 radical (unpaired) electrons. The van der Waals surface area contributed by atoms with E-state index in [9.17, 15) is 0 Å². The fourth-order valence-corrected chi connectivity index (χ4v) is 12.2. The van der Waals surface area contributed by atoms with Gasteiger partial charge in [0.25, 0.3) is 0 Å². The maximum Gasteiger partial charge on any atom is 0.164 e. The molecule has 74 heavy (non-hydrogen) atoms. The van der Waals surface area contributed by atoms with Crippen molar-refractivity contribution in [2.45, 2.75) is 0 Å². The van der Waals surface area contributed by atoms with Crippen LogP contribution in [0.4, 0.5) is 0 Å². The van der Waals surface area contributed by atoms with Gasteiger partial charge in [0.1, 0.15) is 0 Å². The minimum Gasteiger partial charge on any atom is -0.309 e. The van der Waals surface area contributed by atoms with Crippen molar-refractivity contribution in [3.8, 4) is 45.5 Å². The van der Waals surface area contributed by atoms with Gasteiger partial charge in [-0.2, -0.15) is 0 Å². The van der Waals surface area contributed by atoms with Crippen LogP contribution in [0.2, 0.25) is 0 Å². The van der Waals surface area contributed by atoms with Crippen molar-refractivity contribution in [2.75, 3.05) is 0 Å². The smallest absolute Gasteiger partial charge is 0.164 e. The van der Waals surface area contributed by atoms with E-state index in [0.29, 0.717) is 17.5 Å². The van der Waals surface area contributed by atoms with Gasteiger partial charge in [-0.3, -0.25) is 0 Å². The second kappa shape index (κ2) is 15.8. The Morgan fingerprint density at radius 1 is 0.189 bits per heavy atom. The number of hydrogen-bond acceptors (Lipinski definition) is 3. The molecule has 0 aliphatic carbocycles. The Morgan fingerprint density at radius 3 is 0.851 bits per heavy atom. The molecule has 342 valence electrons. The summed E-state index contributed by atoms with van der Waals surface area (Å²) < 4.78 is 4.92. The topological polar surface area (TPSA) is 48.5 Å². The summed E-state index contributed by atoms with van der Waals surface area (Å²) in [5.74, 6) is 1.82. The molecule has 0 atom stereocenters. The van der Waals surface area contributed by atoms with Crippen molar-refractivity contribution >= 4 is 108 Å². The van der Waals surface area contributed by atoms with Crippen molar-refractivity contribution in [1.29, 1.82) is 0 Å². The molecule has 5 heteroatoms. The number of fused-ring (bicyclic) bond motifs is 18. The quantitative estimate of drug-likeness (QED) is 0.162. The first kappa shape index (κ1) is 40.7. The van der Waals surface area contributed by atoms with Gasteiger partial charge in [0.05, 0.1) is 22.1 Å². The van der Waals surface area contributed by atoms with Gasteiger partial charge in [-0.05, 0) is 119 Å². The van der Waals surface area contributed by atoms with Crippen LogP contribution in [-0.2, 0) is 0 Å². The molecule has 16 rings (SSSR count). The third-order valence-electron chi connectivity index (χ3n) is 15.4. The molecule has 0 aliphatic heterocycles. The highest BCUT2D eigenvalue weighted by atomic mass is 15.0. The van der Waals surface area contributed by atoms with Crippen LogP contribution in [0, 0.1) is 0 Å². The van der Waals surface area contributed by atoms with Crippen molar-refractivity contribution < 1.29 is 0 Å². The maximum absolute atomic E-state index is 5.36. The standard InChI is InChI=1S/C69H41N5/c1-3-19-42(20-4-1)67-70-68(43-21-5-2-6-22-43)72-69(71-67)44-35-45(73-63-33-17-15-31-55(63)56-32-16-18-34-64(56)73)37-46(36-44)74-65-40-59-53-29-13-9-25-49(53)47-23-7-11-27-51(47)57(59)38-61(65)62-39-58-52-28-12-8-24-48(52)50-26-10-14-30-54(50)60(58)41-66(62)74/h1-41H. The minimum absolute atomic E-state index is 0.591. The van der Waals surface area contributed by atoms with Gasteiger partial charge < -0.3 is 9.13 Å². The van der Waals surface area contributed by atoms with Gasteiger partial charge >= 0.3 is 0 Å². The van der Waals surface area contributed by atoms with E-state index in [2.05, 4.69) is 221 Å². The van der Waals surface area contributed by atoms with E-state index in [0.717, 1.165) is 50.1 Å². The second-order valence-corrected chi connectivity index (χ2v) is 19.5. The van der Waals surface area contributed by atoms with Crippen LogP contribution in [0.1, 0.15) is 0 Å². The molecule has 16 aromatic rings. The summed E-state index contributed by atoms with van der Waals surface area (Å²) in [5.41, 5.74) is 9.21. The monoisotopic (exact) mass is 939 g/mol. The van der Waals surface area contributed by atoms with Gasteiger partial charge in [0.2, 0.25) is 0 Å². The Kier molecular flexibility index (Phi) is 8.68. The molecule has 0 spiro atoms. The molecular weight excluding hydrogens is 899 g/mol. The summed E-state index contributed by atoms with van der Waals surface area (Å²) in [6.07, 6.45) is 0. The number of aromatic nitrogens is 5. The lowest BCUT2D eigenvalue weighted by Crippen LogP contribution is -2.03. The highest BCUT2D eigenvalue weighted by Crippen LogP contribution is 2.45. The molecule has 0 unspecified atom stereocenters. The minimum atomic E-state index is 0.591. The normalized spacial score (nSPS) is 12.1. The second-order valence-electron chi connectivity index (χ2n) is 19.5. The van der Waals surface area contributed by atoms with Crippen LogP contribution in [0.3, 0.4) is 0 Å². The highest BCUT2D eigenvalue weighted by Gasteiger charge is 2.23. The van der Waals surface area contributed by atoms with E-state index in [1.54, 1.807) is 0 Å². The molecule has 13 aromatic carbocycles. The number of para-hydroxylation sites is 2. The SMILES string of the molecule is c1ccc(-c2nc(-c3ccccc3)nc(-c3cc(-n4c5ccccc5c5ccccc54)cc(-n4c5cc6c7ccccc7c7ccccc7c6cc5c5cc6c7ccccc7c7ccccc7c6cc54)c3)n2)cc1. The van der Waals surface area contributed by atoms with Crippen molar-refractivity contribution in [2.24, 2.45) is 0 Å². The molecule has 3 aromatic heterocycles. The average Bonchev–Trinajstić information content (AvgIpc) is 3.99. The highest BCUT2D eigenvalue weighted by molar-refractivity contribution is 6.32. The van der Waals surface area contributed by atoms with E-state index in [-0.39, 0.29) is 0 Å². The summed E-state index contributed by atoms with van der Waals surface area (Å²) in [6, 6.07) is 90.2. The first-order valence-corrected chi connectivity index (χ1v) is 25.3.